The fourth-order valence-corrected chi connectivity index (χ4v) is 1.99. The normalized spacial score (nSPS) is 11.0. The first-order chi connectivity index (χ1) is 9.70. The predicted octanol–water partition coefficient (Wildman–Crippen LogP) is 3.01. The summed E-state index contributed by atoms with van der Waals surface area (Å²) in [6, 6.07) is 8.41. The van der Waals surface area contributed by atoms with E-state index in [4.69, 9.17) is 9.47 Å². The van der Waals surface area contributed by atoms with Crippen molar-refractivity contribution in [3.63, 3.8) is 0 Å². The van der Waals surface area contributed by atoms with Gasteiger partial charge >= 0.3 is 0 Å². The van der Waals surface area contributed by atoms with E-state index in [1.54, 1.807) is 13.3 Å². The summed E-state index contributed by atoms with van der Waals surface area (Å²) in [6.07, 6.45) is 2.73. The molecule has 0 spiro atoms. The molecular formula is C16H22N2O2. The van der Waals surface area contributed by atoms with Crippen LogP contribution in [-0.2, 0) is 0 Å². The summed E-state index contributed by atoms with van der Waals surface area (Å²) in [7, 11) is 1.66. The summed E-state index contributed by atoms with van der Waals surface area (Å²) in [5, 5.41) is 5.46. The van der Waals surface area contributed by atoms with Crippen molar-refractivity contribution in [2.45, 2.75) is 26.3 Å². The van der Waals surface area contributed by atoms with E-state index in [1.807, 2.05) is 24.3 Å². The van der Waals surface area contributed by atoms with Crippen LogP contribution in [-0.4, -0.2) is 31.3 Å². The van der Waals surface area contributed by atoms with Gasteiger partial charge in [0.1, 0.15) is 5.75 Å². The lowest BCUT2D eigenvalue weighted by molar-refractivity contribution is 0.299. The zero-order valence-electron chi connectivity index (χ0n) is 12.3. The molecule has 108 valence electrons. The largest absolute Gasteiger partial charge is 0.497 e. The van der Waals surface area contributed by atoms with Gasteiger partial charge in [-0.1, -0.05) is 19.9 Å². The maximum atomic E-state index is 5.79. The molecule has 0 amide bonds. The molecule has 0 fully saturated rings. The molecule has 0 atom stereocenters. The third-order valence-corrected chi connectivity index (χ3v) is 3.05. The lowest BCUT2D eigenvalue weighted by Gasteiger charge is -2.10. The number of aromatic nitrogens is 1. The summed E-state index contributed by atoms with van der Waals surface area (Å²) in [5.41, 5.74) is 0. The van der Waals surface area contributed by atoms with Crippen molar-refractivity contribution in [1.82, 2.24) is 10.3 Å². The molecule has 0 saturated heterocycles. The van der Waals surface area contributed by atoms with Crippen LogP contribution in [0.3, 0.4) is 0 Å². The molecule has 4 heteroatoms. The zero-order valence-corrected chi connectivity index (χ0v) is 12.3. The third kappa shape index (κ3) is 3.84. The van der Waals surface area contributed by atoms with Crippen LogP contribution in [0.25, 0.3) is 10.8 Å². The molecule has 0 radical (unpaired) electrons. The van der Waals surface area contributed by atoms with E-state index in [-0.39, 0.29) is 0 Å². The van der Waals surface area contributed by atoms with E-state index in [9.17, 15) is 0 Å². The average molecular weight is 274 g/mol. The van der Waals surface area contributed by atoms with E-state index in [0.717, 1.165) is 29.5 Å². The lowest BCUT2D eigenvalue weighted by atomic mass is 10.1. The molecule has 2 aromatic rings. The predicted molar refractivity (Wildman–Crippen MR) is 81.5 cm³/mol. The highest BCUT2D eigenvalue weighted by Crippen LogP contribution is 2.27. The van der Waals surface area contributed by atoms with Crippen molar-refractivity contribution in [3.05, 3.63) is 30.5 Å². The van der Waals surface area contributed by atoms with Gasteiger partial charge < -0.3 is 14.8 Å². The van der Waals surface area contributed by atoms with Gasteiger partial charge in [-0.25, -0.2) is 4.98 Å². The summed E-state index contributed by atoms with van der Waals surface area (Å²) in [6.45, 7) is 5.88. The van der Waals surface area contributed by atoms with Crippen LogP contribution in [0, 0.1) is 0 Å². The van der Waals surface area contributed by atoms with Gasteiger partial charge in [-0.15, -0.1) is 0 Å². The Labute approximate surface area is 120 Å². The molecular weight excluding hydrogens is 252 g/mol. The van der Waals surface area contributed by atoms with Gasteiger partial charge in [-0.05, 0) is 36.6 Å². The topological polar surface area (TPSA) is 43.4 Å². The number of nitrogens with one attached hydrogen (secondary N) is 1. The van der Waals surface area contributed by atoms with Crippen LogP contribution in [0.5, 0.6) is 11.6 Å². The number of pyridine rings is 1. The Bertz CT molecular complexity index is 555. The van der Waals surface area contributed by atoms with E-state index in [1.165, 1.54) is 0 Å². The first kappa shape index (κ1) is 14.6. The molecule has 20 heavy (non-hydrogen) atoms. The van der Waals surface area contributed by atoms with Gasteiger partial charge in [0.25, 0.3) is 0 Å². The second-order valence-corrected chi connectivity index (χ2v) is 5.01. The molecule has 1 heterocycles. The SMILES string of the molecule is COc1ccc2ccnc(OCCCNC(C)C)c2c1. The van der Waals surface area contributed by atoms with Gasteiger partial charge in [0.2, 0.25) is 5.88 Å². The minimum Gasteiger partial charge on any atom is -0.497 e. The Balaban J connectivity index is 2.02. The molecule has 0 bridgehead atoms. The van der Waals surface area contributed by atoms with Crippen molar-refractivity contribution in [2.24, 2.45) is 0 Å². The highest BCUT2D eigenvalue weighted by molar-refractivity contribution is 5.87. The molecule has 1 aromatic carbocycles. The molecule has 2 rings (SSSR count). The Morgan fingerprint density at radius 2 is 2.10 bits per heavy atom. The molecule has 0 saturated carbocycles. The Kier molecular flexibility index (Phi) is 5.18. The number of rotatable bonds is 7. The summed E-state index contributed by atoms with van der Waals surface area (Å²) < 4.78 is 11.0. The lowest BCUT2D eigenvalue weighted by Crippen LogP contribution is -2.24. The highest BCUT2D eigenvalue weighted by Gasteiger charge is 2.05. The van der Waals surface area contributed by atoms with Gasteiger partial charge in [0, 0.05) is 17.6 Å². The Hall–Kier alpha value is -1.81. The molecule has 1 aromatic heterocycles. The maximum Gasteiger partial charge on any atom is 0.221 e. The minimum absolute atomic E-state index is 0.509. The van der Waals surface area contributed by atoms with Crippen molar-refractivity contribution < 1.29 is 9.47 Å². The van der Waals surface area contributed by atoms with Crippen molar-refractivity contribution >= 4 is 10.8 Å². The van der Waals surface area contributed by atoms with E-state index in [2.05, 4.69) is 24.1 Å². The fraction of sp³-hybridized carbons (Fsp3) is 0.438. The Morgan fingerprint density at radius 3 is 2.85 bits per heavy atom. The fourth-order valence-electron chi connectivity index (χ4n) is 1.99. The molecule has 4 nitrogen and oxygen atoms in total. The van der Waals surface area contributed by atoms with Crippen molar-refractivity contribution in [1.29, 1.82) is 0 Å². The Morgan fingerprint density at radius 1 is 1.25 bits per heavy atom. The number of hydrogen-bond acceptors (Lipinski definition) is 4. The number of methoxy groups -OCH3 is 1. The standard InChI is InChI=1S/C16H22N2O2/c1-12(2)17-8-4-10-20-16-15-11-14(19-3)6-5-13(15)7-9-18-16/h5-7,9,11-12,17H,4,8,10H2,1-3H3. The van der Waals surface area contributed by atoms with Gasteiger partial charge in [0.05, 0.1) is 13.7 Å². The number of fused-ring (bicyclic) bond motifs is 1. The summed E-state index contributed by atoms with van der Waals surface area (Å²) in [5.74, 6) is 1.49. The maximum absolute atomic E-state index is 5.79. The van der Waals surface area contributed by atoms with Crippen LogP contribution in [0.2, 0.25) is 0 Å². The number of hydrogen-bond donors (Lipinski definition) is 1. The number of benzene rings is 1. The molecule has 0 aliphatic carbocycles. The quantitative estimate of drug-likeness (QED) is 0.788. The second kappa shape index (κ2) is 7.10. The first-order valence-electron chi connectivity index (χ1n) is 6.99. The summed E-state index contributed by atoms with van der Waals surface area (Å²) >= 11 is 0. The molecule has 0 aliphatic heterocycles. The number of ether oxygens (including phenoxy) is 2. The zero-order chi connectivity index (χ0) is 14.4. The van der Waals surface area contributed by atoms with Crippen LogP contribution in [0.1, 0.15) is 20.3 Å². The van der Waals surface area contributed by atoms with Crippen molar-refractivity contribution in [2.75, 3.05) is 20.3 Å². The van der Waals surface area contributed by atoms with E-state index < -0.39 is 0 Å². The average Bonchev–Trinajstić information content (AvgIpc) is 2.46. The van der Waals surface area contributed by atoms with Gasteiger partial charge in [-0.3, -0.25) is 0 Å². The van der Waals surface area contributed by atoms with Crippen LogP contribution in [0.15, 0.2) is 30.5 Å². The third-order valence-electron chi connectivity index (χ3n) is 3.05. The first-order valence-corrected chi connectivity index (χ1v) is 6.99. The van der Waals surface area contributed by atoms with Crippen LogP contribution < -0.4 is 14.8 Å². The monoisotopic (exact) mass is 274 g/mol. The molecule has 1 N–H and O–H groups in total. The van der Waals surface area contributed by atoms with Crippen molar-refractivity contribution in [3.8, 4) is 11.6 Å². The van der Waals surface area contributed by atoms with Crippen LogP contribution >= 0.6 is 0 Å². The molecule has 0 aliphatic rings. The van der Waals surface area contributed by atoms with Gasteiger partial charge in [0.15, 0.2) is 0 Å². The summed E-state index contributed by atoms with van der Waals surface area (Å²) in [4.78, 5) is 4.32. The van der Waals surface area contributed by atoms with Crippen LogP contribution in [0.4, 0.5) is 0 Å². The minimum atomic E-state index is 0.509. The van der Waals surface area contributed by atoms with E-state index >= 15 is 0 Å². The molecule has 0 unspecified atom stereocenters. The highest BCUT2D eigenvalue weighted by atomic mass is 16.5. The van der Waals surface area contributed by atoms with E-state index in [0.29, 0.717) is 18.5 Å². The smallest absolute Gasteiger partial charge is 0.221 e. The second-order valence-electron chi connectivity index (χ2n) is 5.01. The van der Waals surface area contributed by atoms with Gasteiger partial charge in [-0.2, -0.15) is 0 Å². The number of nitrogens with zero attached hydrogens (tertiary/aromatic N) is 1.